The smallest absolute Gasteiger partial charge is 0.275 e. The second-order valence-corrected chi connectivity index (χ2v) is 7.78. The van der Waals surface area contributed by atoms with Crippen molar-refractivity contribution >= 4 is 17.1 Å². The minimum absolute atomic E-state index is 0.194. The quantitative estimate of drug-likeness (QED) is 0.447. The number of aryl methyl sites for hydroxylation is 3. The molecule has 3 aromatic heterocycles. The first-order valence-corrected chi connectivity index (χ1v) is 9.89. The fraction of sp³-hybridized carbons (Fsp3) is 0.286. The van der Waals surface area contributed by atoms with Crippen molar-refractivity contribution in [3.63, 3.8) is 0 Å². The van der Waals surface area contributed by atoms with Crippen molar-refractivity contribution in [1.29, 1.82) is 0 Å². The van der Waals surface area contributed by atoms with Gasteiger partial charge in [0.1, 0.15) is 11.3 Å². The van der Waals surface area contributed by atoms with Gasteiger partial charge in [0, 0.05) is 31.8 Å². The number of aromatic nitrogens is 6. The van der Waals surface area contributed by atoms with E-state index in [1.165, 1.54) is 4.68 Å². The topological polar surface area (TPSA) is 81.7 Å². The highest BCUT2D eigenvalue weighted by Gasteiger charge is 2.30. The Morgan fingerprint density at radius 2 is 1.81 bits per heavy atom. The van der Waals surface area contributed by atoms with Crippen molar-refractivity contribution in [1.82, 2.24) is 34.2 Å². The van der Waals surface area contributed by atoms with Crippen LogP contribution in [0.3, 0.4) is 0 Å². The molecule has 0 atom stereocenters. The van der Waals surface area contributed by atoms with Gasteiger partial charge in [-0.05, 0) is 25.5 Å². The molecule has 0 unspecified atom stereocenters. The second kappa shape index (κ2) is 7.14. The summed E-state index contributed by atoms with van der Waals surface area (Å²) in [6.45, 7) is 2.27. The van der Waals surface area contributed by atoms with Gasteiger partial charge in [0.15, 0.2) is 28.8 Å². The van der Waals surface area contributed by atoms with E-state index >= 15 is 0 Å². The highest BCUT2D eigenvalue weighted by atomic mass is 19.2. The predicted octanol–water partition coefficient (Wildman–Crippen LogP) is 2.69. The number of amides is 1. The molecule has 0 radical (unpaired) electrons. The summed E-state index contributed by atoms with van der Waals surface area (Å²) in [7, 11) is 3.43. The van der Waals surface area contributed by atoms with Crippen molar-refractivity contribution in [2.45, 2.75) is 19.9 Å². The van der Waals surface area contributed by atoms with Gasteiger partial charge in [0.05, 0.1) is 24.3 Å². The molecule has 0 saturated carbocycles. The Morgan fingerprint density at radius 1 is 1.09 bits per heavy atom. The molecule has 5 rings (SSSR count). The van der Waals surface area contributed by atoms with E-state index in [2.05, 4.69) is 20.1 Å². The molecule has 0 N–H and O–H groups in total. The van der Waals surface area contributed by atoms with Crippen molar-refractivity contribution in [3.05, 3.63) is 58.7 Å². The first kappa shape index (κ1) is 20.2. The molecule has 164 valence electrons. The highest BCUT2D eigenvalue weighted by Crippen LogP contribution is 2.32. The normalized spacial score (nSPS) is 13.6. The molecule has 11 heteroatoms. The zero-order valence-electron chi connectivity index (χ0n) is 17.5. The van der Waals surface area contributed by atoms with Crippen LogP contribution in [-0.2, 0) is 27.1 Å². The van der Waals surface area contributed by atoms with E-state index in [0.717, 1.165) is 17.7 Å². The Hall–Kier alpha value is -3.76. The van der Waals surface area contributed by atoms with E-state index in [0.29, 0.717) is 41.3 Å². The number of carbonyl (C=O) groups is 1. The van der Waals surface area contributed by atoms with Crippen LogP contribution >= 0.6 is 0 Å². The molecule has 0 bridgehead atoms. The third-order valence-electron chi connectivity index (χ3n) is 5.62. The van der Waals surface area contributed by atoms with Crippen LogP contribution in [-0.4, -0.2) is 46.7 Å². The summed E-state index contributed by atoms with van der Waals surface area (Å²) in [4.78, 5) is 27.8. The van der Waals surface area contributed by atoms with E-state index in [-0.39, 0.29) is 23.7 Å². The number of benzene rings is 1. The van der Waals surface area contributed by atoms with Gasteiger partial charge in [-0.2, -0.15) is 5.10 Å². The zero-order chi connectivity index (χ0) is 22.7. The summed E-state index contributed by atoms with van der Waals surface area (Å²) < 4.78 is 44.2. The predicted molar refractivity (Wildman–Crippen MR) is 108 cm³/mol. The Morgan fingerprint density at radius 3 is 2.53 bits per heavy atom. The lowest BCUT2D eigenvalue weighted by atomic mass is 9.99. The first-order valence-electron chi connectivity index (χ1n) is 9.89. The number of imidazole rings is 1. The summed E-state index contributed by atoms with van der Waals surface area (Å²) in [5.41, 5.74) is 3.27. The Labute approximate surface area is 180 Å². The molecule has 1 amide bonds. The lowest BCUT2D eigenvalue weighted by Crippen LogP contribution is -2.36. The molecule has 32 heavy (non-hydrogen) atoms. The van der Waals surface area contributed by atoms with Crippen LogP contribution in [0.15, 0.2) is 18.5 Å². The fourth-order valence-corrected chi connectivity index (χ4v) is 4.16. The van der Waals surface area contributed by atoms with E-state index in [9.17, 15) is 18.0 Å². The molecule has 0 fully saturated rings. The molecule has 4 aromatic rings. The monoisotopic (exact) mass is 441 g/mol. The van der Waals surface area contributed by atoms with Gasteiger partial charge in [0.25, 0.3) is 5.91 Å². The highest BCUT2D eigenvalue weighted by molar-refractivity contribution is 6.02. The van der Waals surface area contributed by atoms with Crippen LogP contribution in [0, 0.1) is 24.4 Å². The van der Waals surface area contributed by atoms with Crippen LogP contribution in [0.25, 0.3) is 22.4 Å². The minimum Gasteiger partial charge on any atom is -0.331 e. The van der Waals surface area contributed by atoms with E-state index < -0.39 is 17.5 Å². The summed E-state index contributed by atoms with van der Waals surface area (Å²) in [6, 6.07) is 1.91. The van der Waals surface area contributed by atoms with Gasteiger partial charge in [-0.25, -0.2) is 28.1 Å². The van der Waals surface area contributed by atoms with Crippen LogP contribution in [0.2, 0.25) is 0 Å². The van der Waals surface area contributed by atoms with Crippen LogP contribution in [0.4, 0.5) is 13.2 Å². The number of hydrogen-bond acceptors (Lipinski definition) is 5. The van der Waals surface area contributed by atoms with E-state index in [1.807, 2.05) is 0 Å². The summed E-state index contributed by atoms with van der Waals surface area (Å²) in [5, 5.41) is 4.45. The Kier molecular flexibility index (Phi) is 4.50. The molecular formula is C21H18F3N7O. The maximum atomic E-state index is 13.8. The molecule has 1 aliphatic heterocycles. The van der Waals surface area contributed by atoms with E-state index in [1.54, 1.807) is 36.8 Å². The molecule has 0 saturated heterocycles. The van der Waals surface area contributed by atoms with Crippen molar-refractivity contribution < 1.29 is 18.0 Å². The van der Waals surface area contributed by atoms with Crippen molar-refractivity contribution in [2.75, 3.05) is 6.54 Å². The molecule has 0 aliphatic carbocycles. The third kappa shape index (κ3) is 3.03. The van der Waals surface area contributed by atoms with Crippen LogP contribution < -0.4 is 0 Å². The maximum Gasteiger partial charge on any atom is 0.275 e. The van der Waals surface area contributed by atoms with Gasteiger partial charge in [-0.15, -0.1) is 0 Å². The molecule has 4 heterocycles. The zero-order valence-corrected chi connectivity index (χ0v) is 17.5. The van der Waals surface area contributed by atoms with Gasteiger partial charge in [-0.1, -0.05) is 0 Å². The number of carbonyl (C=O) groups excluding carboxylic acids is 1. The Bertz CT molecular complexity index is 1390. The average molecular weight is 441 g/mol. The standard InChI is InChI=1S/C21H18F3N7O/c1-10-26-18(17-20(27-10)29(2)9-25-17)21(32)31-5-4-12-15(8-31)28-30(3)19(12)11-6-13(22)16(24)14(23)7-11/h6-7,9H,4-5,8H2,1-3H3. The van der Waals surface area contributed by atoms with Crippen LogP contribution in [0.1, 0.15) is 27.6 Å². The number of rotatable bonds is 2. The Balaban J connectivity index is 1.51. The summed E-state index contributed by atoms with van der Waals surface area (Å²) in [5.74, 6) is -3.87. The first-order chi connectivity index (χ1) is 15.2. The summed E-state index contributed by atoms with van der Waals surface area (Å²) in [6.07, 6.45) is 2.00. The van der Waals surface area contributed by atoms with Crippen LogP contribution in [0.5, 0.6) is 0 Å². The third-order valence-corrected chi connectivity index (χ3v) is 5.62. The van der Waals surface area contributed by atoms with Gasteiger partial charge in [0.2, 0.25) is 0 Å². The maximum absolute atomic E-state index is 13.8. The molecule has 0 spiro atoms. The van der Waals surface area contributed by atoms with E-state index in [4.69, 9.17) is 0 Å². The molecule has 1 aliphatic rings. The van der Waals surface area contributed by atoms with Gasteiger partial charge >= 0.3 is 0 Å². The second-order valence-electron chi connectivity index (χ2n) is 7.78. The number of hydrogen-bond donors (Lipinski definition) is 0. The number of fused-ring (bicyclic) bond motifs is 2. The number of nitrogens with zero attached hydrogens (tertiary/aromatic N) is 7. The van der Waals surface area contributed by atoms with Crippen molar-refractivity contribution in [3.8, 4) is 11.3 Å². The minimum atomic E-state index is -1.51. The SMILES string of the molecule is Cc1nc(C(=O)N2CCc3c(nn(C)c3-c3cc(F)c(F)c(F)c3)C2)c2ncn(C)c2n1. The fourth-order valence-electron chi connectivity index (χ4n) is 4.16. The van der Waals surface area contributed by atoms with Gasteiger partial charge < -0.3 is 9.47 Å². The lowest BCUT2D eigenvalue weighted by molar-refractivity contribution is 0.0728. The number of halogens is 3. The molecule has 1 aromatic carbocycles. The van der Waals surface area contributed by atoms with Gasteiger partial charge in [-0.3, -0.25) is 9.48 Å². The molecular weight excluding hydrogens is 423 g/mol. The largest absolute Gasteiger partial charge is 0.331 e. The van der Waals surface area contributed by atoms with Crippen molar-refractivity contribution in [2.24, 2.45) is 14.1 Å². The average Bonchev–Trinajstić information content (AvgIpc) is 3.29. The molecule has 8 nitrogen and oxygen atoms in total. The summed E-state index contributed by atoms with van der Waals surface area (Å²) >= 11 is 0. The lowest BCUT2D eigenvalue weighted by Gasteiger charge is -2.26.